The van der Waals surface area contributed by atoms with Crippen molar-refractivity contribution in [3.8, 4) is 22.8 Å². The van der Waals surface area contributed by atoms with Crippen LogP contribution in [0.15, 0.2) is 54.7 Å². The number of ether oxygens (including phenoxy) is 3. The predicted octanol–water partition coefficient (Wildman–Crippen LogP) is 5.25. The topological polar surface area (TPSA) is 48.2 Å². The Bertz CT molecular complexity index is 1300. The van der Waals surface area contributed by atoms with Crippen LogP contribution < -0.4 is 9.47 Å². The fourth-order valence-electron chi connectivity index (χ4n) is 4.10. The van der Waals surface area contributed by atoms with Gasteiger partial charge in [0.25, 0.3) is 0 Å². The van der Waals surface area contributed by atoms with Crippen molar-refractivity contribution < 1.29 is 23.0 Å². The van der Waals surface area contributed by atoms with Crippen LogP contribution in [-0.2, 0) is 17.9 Å². The van der Waals surface area contributed by atoms with Gasteiger partial charge in [0.15, 0.2) is 11.4 Å². The van der Waals surface area contributed by atoms with E-state index in [4.69, 9.17) is 19.2 Å². The van der Waals surface area contributed by atoms with Crippen LogP contribution in [0.4, 0.5) is 8.78 Å². The van der Waals surface area contributed by atoms with Crippen LogP contribution in [0, 0.1) is 18.6 Å². The largest absolute Gasteiger partial charge is 0.496 e. The van der Waals surface area contributed by atoms with Crippen molar-refractivity contribution in [2.75, 3.05) is 34.4 Å². The van der Waals surface area contributed by atoms with Crippen LogP contribution in [0.1, 0.15) is 16.8 Å². The Balaban J connectivity index is 1.68. The number of benzene rings is 2. The molecule has 0 aliphatic rings. The maximum atomic E-state index is 14.1. The van der Waals surface area contributed by atoms with E-state index >= 15 is 0 Å². The predicted molar refractivity (Wildman–Crippen MR) is 131 cm³/mol. The molecule has 4 aromatic rings. The highest BCUT2D eigenvalue weighted by Crippen LogP contribution is 2.32. The van der Waals surface area contributed by atoms with E-state index in [2.05, 4.69) is 11.0 Å². The Morgan fingerprint density at radius 3 is 2.49 bits per heavy atom. The first-order valence-corrected chi connectivity index (χ1v) is 11.3. The van der Waals surface area contributed by atoms with Gasteiger partial charge in [0.2, 0.25) is 0 Å². The van der Waals surface area contributed by atoms with Gasteiger partial charge in [0.05, 0.1) is 30.7 Å². The number of aryl methyl sites for hydroxylation is 1. The molecule has 0 radical (unpaired) electrons. The van der Waals surface area contributed by atoms with Gasteiger partial charge in [-0.25, -0.2) is 13.8 Å². The van der Waals surface area contributed by atoms with E-state index in [0.717, 1.165) is 34.8 Å². The molecule has 4 rings (SSSR count). The third-order valence-electron chi connectivity index (χ3n) is 5.89. The number of aromatic nitrogens is 2. The number of hydrogen-bond acceptors (Lipinski definition) is 5. The zero-order valence-corrected chi connectivity index (χ0v) is 20.3. The van der Waals surface area contributed by atoms with Gasteiger partial charge in [0, 0.05) is 37.5 Å². The van der Waals surface area contributed by atoms with Gasteiger partial charge in [-0.15, -0.1) is 0 Å². The minimum atomic E-state index is -0.640. The van der Waals surface area contributed by atoms with Gasteiger partial charge in [-0.1, -0.05) is 6.07 Å². The number of likely N-dealkylation sites (N-methyl/N-ethyl adjacent to an activating group) is 1. The lowest BCUT2D eigenvalue weighted by Crippen LogP contribution is -2.22. The van der Waals surface area contributed by atoms with Crippen molar-refractivity contribution in [3.05, 3.63) is 83.2 Å². The summed E-state index contributed by atoms with van der Waals surface area (Å²) in [5, 5.41) is 0. The van der Waals surface area contributed by atoms with Crippen molar-refractivity contribution in [2.45, 2.75) is 20.1 Å². The summed E-state index contributed by atoms with van der Waals surface area (Å²) in [4.78, 5) is 6.88. The van der Waals surface area contributed by atoms with Crippen LogP contribution in [0.3, 0.4) is 0 Å². The summed E-state index contributed by atoms with van der Waals surface area (Å²) in [6.45, 7) is 3.82. The third kappa shape index (κ3) is 5.28. The van der Waals surface area contributed by atoms with Crippen LogP contribution in [0.25, 0.3) is 16.9 Å². The first-order chi connectivity index (χ1) is 16.9. The van der Waals surface area contributed by atoms with Crippen molar-refractivity contribution in [2.24, 2.45) is 0 Å². The normalized spacial score (nSPS) is 11.4. The lowest BCUT2D eigenvalue weighted by molar-refractivity contribution is 0.158. The summed E-state index contributed by atoms with van der Waals surface area (Å²) in [7, 11) is 5.38. The van der Waals surface area contributed by atoms with Crippen molar-refractivity contribution in [3.63, 3.8) is 0 Å². The number of nitrogens with zero attached hydrogens (tertiary/aromatic N) is 3. The number of fused-ring (bicyclic) bond motifs is 1. The number of pyridine rings is 1. The zero-order valence-electron chi connectivity index (χ0n) is 20.3. The molecule has 2 heterocycles. The lowest BCUT2D eigenvalue weighted by atomic mass is 10.1. The zero-order chi connectivity index (χ0) is 24.9. The van der Waals surface area contributed by atoms with Gasteiger partial charge >= 0.3 is 0 Å². The fourth-order valence-corrected chi connectivity index (χ4v) is 4.10. The molecule has 0 spiro atoms. The quantitative estimate of drug-likeness (QED) is 0.310. The maximum absolute atomic E-state index is 14.1. The highest BCUT2D eigenvalue weighted by atomic mass is 19.1. The monoisotopic (exact) mass is 481 g/mol. The SMILES string of the molecule is COCCN(C)Cc1cc(-c2c(C)nc3c(OCc4c(F)cccc4F)cccn23)ccc1OC. The Morgan fingerprint density at radius 2 is 1.77 bits per heavy atom. The summed E-state index contributed by atoms with van der Waals surface area (Å²) in [5.41, 5.74) is 4.19. The van der Waals surface area contributed by atoms with Gasteiger partial charge in [0.1, 0.15) is 24.0 Å². The van der Waals surface area contributed by atoms with Crippen molar-refractivity contribution in [1.29, 1.82) is 0 Å². The molecule has 0 fully saturated rings. The molecule has 6 nitrogen and oxygen atoms in total. The average Bonchev–Trinajstić information content (AvgIpc) is 3.18. The Kier molecular flexibility index (Phi) is 7.63. The van der Waals surface area contributed by atoms with E-state index in [9.17, 15) is 8.78 Å². The molecular weight excluding hydrogens is 452 g/mol. The van der Waals surface area contributed by atoms with Crippen molar-refractivity contribution in [1.82, 2.24) is 14.3 Å². The van der Waals surface area contributed by atoms with E-state index in [1.807, 2.05) is 42.8 Å². The van der Waals surface area contributed by atoms with Crippen LogP contribution in [0.2, 0.25) is 0 Å². The summed E-state index contributed by atoms with van der Waals surface area (Å²) in [6, 6.07) is 13.4. The Hall–Kier alpha value is -3.49. The van der Waals surface area contributed by atoms with Gasteiger partial charge < -0.3 is 14.2 Å². The molecular formula is C27H29F2N3O3. The van der Waals surface area contributed by atoms with E-state index < -0.39 is 11.6 Å². The molecule has 0 atom stereocenters. The number of halogens is 2. The van der Waals surface area contributed by atoms with E-state index in [1.165, 1.54) is 18.2 Å². The highest BCUT2D eigenvalue weighted by Gasteiger charge is 2.17. The molecule has 0 aliphatic heterocycles. The number of hydrogen-bond donors (Lipinski definition) is 0. The third-order valence-corrected chi connectivity index (χ3v) is 5.89. The minimum Gasteiger partial charge on any atom is -0.496 e. The summed E-state index contributed by atoms with van der Waals surface area (Å²) < 4.78 is 46.6. The molecule has 8 heteroatoms. The number of imidazole rings is 1. The smallest absolute Gasteiger partial charge is 0.180 e. The van der Waals surface area contributed by atoms with E-state index in [1.54, 1.807) is 20.3 Å². The van der Waals surface area contributed by atoms with E-state index in [-0.39, 0.29) is 12.2 Å². The van der Waals surface area contributed by atoms with Crippen LogP contribution in [0.5, 0.6) is 11.5 Å². The minimum absolute atomic E-state index is 0.115. The number of rotatable bonds is 10. The summed E-state index contributed by atoms with van der Waals surface area (Å²) >= 11 is 0. The first-order valence-electron chi connectivity index (χ1n) is 11.3. The second-order valence-corrected chi connectivity index (χ2v) is 8.36. The van der Waals surface area contributed by atoms with Crippen molar-refractivity contribution >= 4 is 5.65 Å². The molecule has 184 valence electrons. The standard InChI is InChI=1S/C27H29F2N3O3/c1-18-26(19-10-11-24(34-4)20(15-19)16-31(2)13-14-33-3)32-12-6-9-25(27(32)30-18)35-17-21-22(28)7-5-8-23(21)29/h5-12,15H,13-14,16-17H2,1-4H3. The summed E-state index contributed by atoms with van der Waals surface area (Å²) in [6.07, 6.45) is 1.90. The molecule has 0 aliphatic carbocycles. The maximum Gasteiger partial charge on any atom is 0.180 e. The number of methoxy groups -OCH3 is 2. The second kappa shape index (κ2) is 10.8. The second-order valence-electron chi connectivity index (χ2n) is 8.36. The molecule has 35 heavy (non-hydrogen) atoms. The average molecular weight is 482 g/mol. The van der Waals surface area contributed by atoms with Crippen LogP contribution in [-0.4, -0.2) is 48.7 Å². The summed E-state index contributed by atoms with van der Waals surface area (Å²) in [5.74, 6) is -0.0326. The first kappa shape index (κ1) is 24.6. The van der Waals surface area contributed by atoms with Crippen LogP contribution >= 0.6 is 0 Å². The molecule has 0 saturated carbocycles. The highest BCUT2D eigenvalue weighted by molar-refractivity contribution is 5.71. The fraction of sp³-hybridized carbons (Fsp3) is 0.296. The van der Waals surface area contributed by atoms with Gasteiger partial charge in [-0.2, -0.15) is 0 Å². The molecule has 0 amide bonds. The molecule has 2 aromatic heterocycles. The lowest BCUT2D eigenvalue weighted by Gasteiger charge is -2.19. The molecule has 0 saturated heterocycles. The Morgan fingerprint density at radius 1 is 1.00 bits per heavy atom. The van der Waals surface area contributed by atoms with Gasteiger partial charge in [-0.3, -0.25) is 9.30 Å². The Labute approximate surface area is 203 Å². The molecule has 0 N–H and O–H groups in total. The van der Waals surface area contributed by atoms with E-state index in [0.29, 0.717) is 24.5 Å². The van der Waals surface area contributed by atoms with Gasteiger partial charge in [-0.05, 0) is 56.4 Å². The molecule has 0 bridgehead atoms. The molecule has 0 unspecified atom stereocenters. The molecule has 2 aromatic carbocycles.